The van der Waals surface area contributed by atoms with E-state index in [1.807, 2.05) is 11.7 Å². The van der Waals surface area contributed by atoms with Gasteiger partial charge in [-0.2, -0.15) is 0 Å². The first-order valence-corrected chi connectivity index (χ1v) is 12.4. The number of hydrogen-bond donors (Lipinski definition) is 0. The molecule has 0 aliphatic carbocycles. The fraction of sp³-hybridized carbons (Fsp3) is 0.320. The van der Waals surface area contributed by atoms with E-state index < -0.39 is 0 Å². The summed E-state index contributed by atoms with van der Waals surface area (Å²) in [5, 5.41) is 0.898. The van der Waals surface area contributed by atoms with Gasteiger partial charge in [-0.3, -0.25) is 9.69 Å². The molecule has 0 fully saturated rings. The first-order chi connectivity index (χ1) is 15.1. The Balaban J connectivity index is 1.33. The summed E-state index contributed by atoms with van der Waals surface area (Å²) >= 11 is 3.32. The van der Waals surface area contributed by atoms with Gasteiger partial charge >= 0.3 is 0 Å². The van der Waals surface area contributed by atoms with Crippen LogP contribution in [0.5, 0.6) is 0 Å². The van der Waals surface area contributed by atoms with Crippen LogP contribution in [0.3, 0.4) is 0 Å². The lowest BCUT2D eigenvalue weighted by Gasteiger charge is -2.28. The van der Waals surface area contributed by atoms with Crippen molar-refractivity contribution in [3.8, 4) is 10.4 Å². The molecule has 5 rings (SSSR count). The predicted octanol–water partition coefficient (Wildman–Crippen LogP) is 5.71. The van der Waals surface area contributed by atoms with Crippen LogP contribution in [0.15, 0.2) is 48.1 Å². The molecule has 0 saturated heterocycles. The maximum atomic E-state index is 11.4. The molecule has 0 amide bonds. The molecule has 158 valence electrons. The number of thiazole rings is 2. The number of rotatable bonds is 5. The molecule has 1 atom stereocenters. The minimum Gasteiger partial charge on any atom is -0.300 e. The van der Waals surface area contributed by atoms with Gasteiger partial charge in [0.15, 0.2) is 0 Å². The summed E-state index contributed by atoms with van der Waals surface area (Å²) in [4.78, 5) is 24.0. The predicted molar refractivity (Wildman–Crippen MR) is 129 cm³/mol. The largest absolute Gasteiger partial charge is 0.300 e. The van der Waals surface area contributed by atoms with Crippen LogP contribution in [0, 0.1) is 0 Å². The Kier molecular flexibility index (Phi) is 5.69. The molecule has 0 N–H and O–H groups in total. The molecular formula is C25H25N3OS2. The number of benzene rings is 2. The molecule has 6 heteroatoms. The third kappa shape index (κ3) is 4.33. The van der Waals surface area contributed by atoms with Crippen molar-refractivity contribution in [3.05, 3.63) is 69.8 Å². The number of fused-ring (bicyclic) bond motifs is 2. The molecule has 2 aromatic heterocycles. The minimum atomic E-state index is 0.158. The molecule has 4 nitrogen and oxygen atoms in total. The molecule has 2 aromatic carbocycles. The number of carbonyl (C=O) groups is 1. The smallest absolute Gasteiger partial charge is 0.136 e. The van der Waals surface area contributed by atoms with Gasteiger partial charge in [-0.25, -0.2) is 9.97 Å². The van der Waals surface area contributed by atoms with E-state index in [9.17, 15) is 4.79 Å². The van der Waals surface area contributed by atoms with Crippen LogP contribution < -0.4 is 0 Å². The summed E-state index contributed by atoms with van der Waals surface area (Å²) in [5.74, 6) is 0.158. The molecule has 0 radical (unpaired) electrons. The van der Waals surface area contributed by atoms with Crippen LogP contribution in [0.25, 0.3) is 20.7 Å². The van der Waals surface area contributed by atoms with Crippen LogP contribution in [0.1, 0.15) is 41.6 Å². The van der Waals surface area contributed by atoms with Crippen LogP contribution in [-0.4, -0.2) is 33.7 Å². The molecule has 0 unspecified atom stereocenters. The highest BCUT2D eigenvalue weighted by Crippen LogP contribution is 2.31. The fourth-order valence-electron chi connectivity index (χ4n) is 4.37. The third-order valence-electron chi connectivity index (χ3n) is 6.17. The van der Waals surface area contributed by atoms with Gasteiger partial charge in [-0.15, -0.1) is 22.7 Å². The summed E-state index contributed by atoms with van der Waals surface area (Å²) < 4.78 is 1.25. The summed E-state index contributed by atoms with van der Waals surface area (Å²) in [7, 11) is 0. The standard InChI is InChI=1S/C25H25N3OS2/c1-16(29)11-25-26-14-24(31-25)21-4-3-18-7-9-28(10-8-20(18)12-21)17(2)19-5-6-23-22(13-19)27-15-30-23/h3-6,12-15,17H,7-11H2,1-2H3/t17-/m1/s1. The summed E-state index contributed by atoms with van der Waals surface area (Å²) in [6.07, 6.45) is 4.45. The number of aromatic nitrogens is 2. The van der Waals surface area contributed by atoms with E-state index in [0.29, 0.717) is 12.5 Å². The molecule has 4 aromatic rings. The molecule has 0 saturated carbocycles. The van der Waals surface area contributed by atoms with Crippen LogP contribution in [-0.2, 0) is 24.1 Å². The summed E-state index contributed by atoms with van der Waals surface area (Å²) in [6, 6.07) is 13.9. The Morgan fingerprint density at radius 2 is 1.94 bits per heavy atom. The first-order valence-electron chi connectivity index (χ1n) is 10.7. The van der Waals surface area contributed by atoms with Crippen molar-refractivity contribution >= 4 is 38.7 Å². The van der Waals surface area contributed by atoms with Gasteiger partial charge in [0.1, 0.15) is 10.8 Å². The Labute approximate surface area is 190 Å². The van der Waals surface area contributed by atoms with Crippen molar-refractivity contribution in [2.45, 2.75) is 39.2 Å². The van der Waals surface area contributed by atoms with E-state index in [1.165, 1.54) is 27.0 Å². The van der Waals surface area contributed by atoms with Crippen molar-refractivity contribution in [3.63, 3.8) is 0 Å². The van der Waals surface area contributed by atoms with E-state index in [-0.39, 0.29) is 5.78 Å². The van der Waals surface area contributed by atoms with Crippen molar-refractivity contribution < 1.29 is 4.79 Å². The number of hydrogen-bond acceptors (Lipinski definition) is 6. The number of Topliss-reactive ketones (excluding diaryl/α,β-unsaturated/α-hetero) is 1. The van der Waals surface area contributed by atoms with Crippen molar-refractivity contribution in [2.75, 3.05) is 13.1 Å². The Hall–Kier alpha value is -2.41. The fourth-order valence-corrected chi connectivity index (χ4v) is 6.01. The molecule has 0 bridgehead atoms. The maximum absolute atomic E-state index is 11.4. The Morgan fingerprint density at radius 3 is 2.77 bits per heavy atom. The van der Waals surface area contributed by atoms with Gasteiger partial charge in [0, 0.05) is 25.3 Å². The lowest BCUT2D eigenvalue weighted by atomic mass is 10.00. The third-order valence-corrected chi connectivity index (χ3v) is 8.02. The molecule has 3 heterocycles. The van der Waals surface area contributed by atoms with Gasteiger partial charge in [0.05, 0.1) is 27.0 Å². The summed E-state index contributed by atoms with van der Waals surface area (Å²) in [5.41, 5.74) is 8.46. The minimum absolute atomic E-state index is 0.158. The normalized spacial score (nSPS) is 15.5. The highest BCUT2D eigenvalue weighted by atomic mass is 32.1. The second kappa shape index (κ2) is 8.61. The second-order valence-corrected chi connectivity index (χ2v) is 10.3. The topological polar surface area (TPSA) is 46.1 Å². The van der Waals surface area contributed by atoms with Crippen LogP contribution in [0.4, 0.5) is 0 Å². The first kappa shape index (κ1) is 20.5. The molecule has 1 aliphatic rings. The van der Waals surface area contributed by atoms with Gasteiger partial charge in [-0.05, 0) is 67.1 Å². The quantitative estimate of drug-likeness (QED) is 0.393. The zero-order valence-electron chi connectivity index (χ0n) is 17.8. The van der Waals surface area contributed by atoms with Crippen molar-refractivity contribution in [2.24, 2.45) is 0 Å². The zero-order chi connectivity index (χ0) is 21.4. The lowest BCUT2D eigenvalue weighted by Crippen LogP contribution is -2.29. The monoisotopic (exact) mass is 447 g/mol. The van der Waals surface area contributed by atoms with E-state index >= 15 is 0 Å². The summed E-state index contributed by atoms with van der Waals surface area (Å²) in [6.45, 7) is 6.03. The van der Waals surface area contributed by atoms with E-state index in [0.717, 1.165) is 41.3 Å². The van der Waals surface area contributed by atoms with E-state index in [4.69, 9.17) is 0 Å². The van der Waals surface area contributed by atoms with Crippen molar-refractivity contribution in [1.82, 2.24) is 14.9 Å². The molecule has 31 heavy (non-hydrogen) atoms. The van der Waals surface area contributed by atoms with E-state index in [1.54, 1.807) is 29.6 Å². The molecule has 0 spiro atoms. The highest BCUT2D eigenvalue weighted by molar-refractivity contribution is 7.16. The zero-order valence-corrected chi connectivity index (χ0v) is 19.4. The average Bonchev–Trinajstić information content (AvgIpc) is 3.37. The maximum Gasteiger partial charge on any atom is 0.136 e. The van der Waals surface area contributed by atoms with E-state index in [2.05, 4.69) is 58.2 Å². The number of nitrogens with zero attached hydrogens (tertiary/aromatic N) is 3. The average molecular weight is 448 g/mol. The molecule has 1 aliphatic heterocycles. The number of carbonyl (C=O) groups excluding carboxylic acids is 1. The Bertz CT molecular complexity index is 1240. The number of ketones is 1. The SMILES string of the molecule is CC(=O)Cc1ncc(-c2ccc3c(c2)CCN([C@H](C)c2ccc4scnc4c2)CC3)s1. The van der Waals surface area contributed by atoms with Gasteiger partial charge in [0.2, 0.25) is 0 Å². The van der Waals surface area contributed by atoms with Gasteiger partial charge in [0.25, 0.3) is 0 Å². The Morgan fingerprint density at radius 1 is 1.10 bits per heavy atom. The lowest BCUT2D eigenvalue weighted by molar-refractivity contribution is -0.116. The van der Waals surface area contributed by atoms with Crippen LogP contribution in [0.2, 0.25) is 0 Å². The van der Waals surface area contributed by atoms with Crippen LogP contribution >= 0.6 is 22.7 Å². The van der Waals surface area contributed by atoms with Crippen molar-refractivity contribution in [1.29, 1.82) is 0 Å². The highest BCUT2D eigenvalue weighted by Gasteiger charge is 2.21. The van der Waals surface area contributed by atoms with Gasteiger partial charge in [-0.1, -0.05) is 18.2 Å². The van der Waals surface area contributed by atoms with Gasteiger partial charge < -0.3 is 0 Å². The second-order valence-electron chi connectivity index (χ2n) is 8.27. The molecular weight excluding hydrogens is 422 g/mol.